The van der Waals surface area contributed by atoms with E-state index in [1.165, 1.54) is 0 Å². The van der Waals surface area contributed by atoms with Gasteiger partial charge in [-0.3, -0.25) is 0 Å². The lowest BCUT2D eigenvalue weighted by molar-refractivity contribution is 0.415. The number of ether oxygens (including phenoxy) is 1. The lowest BCUT2D eigenvalue weighted by atomic mass is 10.2. The fourth-order valence-electron chi connectivity index (χ4n) is 1.41. The minimum absolute atomic E-state index is 0.471. The van der Waals surface area contributed by atoms with Crippen molar-refractivity contribution in [2.24, 2.45) is 4.99 Å². The topological polar surface area (TPSA) is 21.6 Å². The lowest BCUT2D eigenvalue weighted by Gasteiger charge is -2.01. The van der Waals surface area contributed by atoms with E-state index < -0.39 is 0 Å². The van der Waals surface area contributed by atoms with E-state index in [9.17, 15) is 0 Å². The second kappa shape index (κ2) is 5.51. The van der Waals surface area contributed by atoms with Crippen molar-refractivity contribution in [3.63, 3.8) is 0 Å². The fourth-order valence-corrected chi connectivity index (χ4v) is 1.63. The van der Waals surface area contributed by atoms with E-state index in [0.717, 1.165) is 17.0 Å². The first-order valence-corrected chi connectivity index (χ1v) is 5.61. The Morgan fingerprint density at radius 3 is 2.24 bits per heavy atom. The van der Waals surface area contributed by atoms with E-state index in [0.29, 0.717) is 5.17 Å². The zero-order chi connectivity index (χ0) is 12.1. The van der Waals surface area contributed by atoms with Gasteiger partial charge in [0, 0.05) is 5.56 Å². The summed E-state index contributed by atoms with van der Waals surface area (Å²) in [4.78, 5) is 4.33. The minimum Gasteiger partial charge on any atom is -0.497 e. The molecule has 0 fully saturated rings. The lowest BCUT2D eigenvalue weighted by Crippen LogP contribution is -1.91. The number of hydrogen-bond donors (Lipinski definition) is 0. The van der Waals surface area contributed by atoms with Gasteiger partial charge in [0.1, 0.15) is 10.9 Å². The molecule has 0 bridgehead atoms. The van der Waals surface area contributed by atoms with Crippen LogP contribution in [0.5, 0.6) is 5.75 Å². The molecule has 0 aromatic heterocycles. The molecule has 0 radical (unpaired) electrons. The monoisotopic (exact) mass is 245 g/mol. The molecule has 0 saturated heterocycles. The maximum atomic E-state index is 6.15. The SMILES string of the molecule is COc1ccc(/C(Cl)=N/c2ccccc2)cc1. The fraction of sp³-hybridized carbons (Fsp3) is 0.0714. The summed E-state index contributed by atoms with van der Waals surface area (Å²) >= 11 is 6.15. The van der Waals surface area contributed by atoms with Crippen LogP contribution in [0.15, 0.2) is 59.6 Å². The van der Waals surface area contributed by atoms with Crippen molar-refractivity contribution in [2.75, 3.05) is 7.11 Å². The molecule has 2 nitrogen and oxygen atoms in total. The molecule has 3 heteroatoms. The summed E-state index contributed by atoms with van der Waals surface area (Å²) in [5, 5.41) is 0.471. The first-order chi connectivity index (χ1) is 8.29. The van der Waals surface area contributed by atoms with Crippen LogP contribution >= 0.6 is 11.6 Å². The normalized spacial score (nSPS) is 11.3. The molecular formula is C14H12ClNO. The molecule has 86 valence electrons. The van der Waals surface area contributed by atoms with Crippen molar-refractivity contribution in [3.05, 3.63) is 60.2 Å². The highest BCUT2D eigenvalue weighted by molar-refractivity contribution is 6.69. The van der Waals surface area contributed by atoms with Crippen LogP contribution in [0.4, 0.5) is 5.69 Å². The molecule has 0 saturated carbocycles. The van der Waals surface area contributed by atoms with Gasteiger partial charge in [-0.15, -0.1) is 0 Å². The molecule has 2 aromatic rings. The molecular weight excluding hydrogens is 234 g/mol. The number of aliphatic imine (C=N–C) groups is 1. The molecule has 0 aliphatic heterocycles. The van der Waals surface area contributed by atoms with Crippen LogP contribution < -0.4 is 4.74 Å². The molecule has 2 aromatic carbocycles. The average molecular weight is 246 g/mol. The maximum Gasteiger partial charge on any atom is 0.136 e. The summed E-state index contributed by atoms with van der Waals surface area (Å²) in [7, 11) is 1.63. The van der Waals surface area contributed by atoms with E-state index in [-0.39, 0.29) is 0 Å². The summed E-state index contributed by atoms with van der Waals surface area (Å²) in [6.45, 7) is 0. The molecule has 0 unspecified atom stereocenters. The zero-order valence-electron chi connectivity index (χ0n) is 9.43. The first kappa shape index (κ1) is 11.7. The Labute approximate surface area is 106 Å². The third kappa shape index (κ3) is 3.08. The van der Waals surface area contributed by atoms with Gasteiger partial charge in [0.05, 0.1) is 12.8 Å². The van der Waals surface area contributed by atoms with Crippen LogP contribution in [0.3, 0.4) is 0 Å². The molecule has 17 heavy (non-hydrogen) atoms. The summed E-state index contributed by atoms with van der Waals surface area (Å²) in [6, 6.07) is 17.1. The molecule has 0 aliphatic carbocycles. The van der Waals surface area contributed by atoms with Gasteiger partial charge >= 0.3 is 0 Å². The van der Waals surface area contributed by atoms with Crippen LogP contribution in [-0.2, 0) is 0 Å². The molecule has 0 spiro atoms. The standard InChI is InChI=1S/C14H12ClNO/c1-17-13-9-7-11(8-10-13)14(15)16-12-5-3-2-4-6-12/h2-10H,1H3/b16-14-. The van der Waals surface area contributed by atoms with Crippen LogP contribution in [-0.4, -0.2) is 12.3 Å². The molecule has 2 rings (SSSR count). The van der Waals surface area contributed by atoms with Gasteiger partial charge < -0.3 is 4.74 Å². The Balaban J connectivity index is 2.24. The summed E-state index contributed by atoms with van der Waals surface area (Å²) in [5.41, 5.74) is 1.71. The number of hydrogen-bond acceptors (Lipinski definition) is 2. The van der Waals surface area contributed by atoms with Crippen LogP contribution in [0, 0.1) is 0 Å². The number of rotatable bonds is 3. The Hall–Kier alpha value is -1.80. The van der Waals surface area contributed by atoms with Gasteiger partial charge in [-0.2, -0.15) is 0 Å². The van der Waals surface area contributed by atoms with E-state index in [1.807, 2.05) is 54.6 Å². The number of para-hydroxylation sites is 1. The quantitative estimate of drug-likeness (QED) is 0.749. The third-order valence-corrected chi connectivity index (χ3v) is 2.61. The van der Waals surface area contributed by atoms with Crippen molar-refractivity contribution in [1.29, 1.82) is 0 Å². The highest BCUT2D eigenvalue weighted by atomic mass is 35.5. The van der Waals surface area contributed by atoms with Gasteiger partial charge in [-0.1, -0.05) is 29.8 Å². The van der Waals surface area contributed by atoms with Gasteiger partial charge in [0.2, 0.25) is 0 Å². The number of halogens is 1. The highest BCUT2D eigenvalue weighted by Gasteiger charge is 2.00. The Kier molecular flexibility index (Phi) is 3.78. The number of methoxy groups -OCH3 is 1. The average Bonchev–Trinajstić information content (AvgIpc) is 2.40. The molecule has 0 atom stereocenters. The predicted molar refractivity (Wildman–Crippen MR) is 71.5 cm³/mol. The third-order valence-electron chi connectivity index (χ3n) is 2.31. The van der Waals surface area contributed by atoms with Crippen molar-refractivity contribution in [2.45, 2.75) is 0 Å². The molecule has 0 amide bonds. The van der Waals surface area contributed by atoms with Gasteiger partial charge in [0.15, 0.2) is 0 Å². The smallest absolute Gasteiger partial charge is 0.136 e. The van der Waals surface area contributed by atoms with E-state index >= 15 is 0 Å². The van der Waals surface area contributed by atoms with Crippen LogP contribution in [0.2, 0.25) is 0 Å². The molecule has 0 heterocycles. The zero-order valence-corrected chi connectivity index (χ0v) is 10.2. The van der Waals surface area contributed by atoms with Gasteiger partial charge in [-0.25, -0.2) is 4.99 Å². The summed E-state index contributed by atoms with van der Waals surface area (Å²) in [6.07, 6.45) is 0. The second-order valence-corrected chi connectivity index (χ2v) is 3.82. The molecule has 0 N–H and O–H groups in total. The van der Waals surface area contributed by atoms with E-state index in [1.54, 1.807) is 7.11 Å². The van der Waals surface area contributed by atoms with E-state index in [4.69, 9.17) is 16.3 Å². The van der Waals surface area contributed by atoms with Crippen molar-refractivity contribution in [3.8, 4) is 5.75 Å². The Bertz CT molecular complexity index is 506. The molecule has 0 aliphatic rings. The van der Waals surface area contributed by atoms with Crippen molar-refractivity contribution < 1.29 is 4.74 Å². The van der Waals surface area contributed by atoms with Crippen LogP contribution in [0.1, 0.15) is 5.56 Å². The predicted octanol–water partition coefficient (Wildman–Crippen LogP) is 4.01. The van der Waals surface area contributed by atoms with Gasteiger partial charge in [0.25, 0.3) is 0 Å². The minimum atomic E-state index is 0.471. The van der Waals surface area contributed by atoms with Crippen molar-refractivity contribution >= 4 is 22.5 Å². The first-order valence-electron chi connectivity index (χ1n) is 5.23. The summed E-state index contributed by atoms with van der Waals surface area (Å²) in [5.74, 6) is 0.804. The van der Waals surface area contributed by atoms with E-state index in [2.05, 4.69) is 4.99 Å². The Morgan fingerprint density at radius 1 is 1.00 bits per heavy atom. The Morgan fingerprint density at radius 2 is 1.65 bits per heavy atom. The van der Waals surface area contributed by atoms with Gasteiger partial charge in [-0.05, 0) is 36.4 Å². The number of benzene rings is 2. The maximum absolute atomic E-state index is 6.15. The van der Waals surface area contributed by atoms with Crippen LogP contribution in [0.25, 0.3) is 0 Å². The number of nitrogens with zero attached hydrogens (tertiary/aromatic N) is 1. The summed E-state index contributed by atoms with van der Waals surface area (Å²) < 4.78 is 5.08. The highest BCUT2D eigenvalue weighted by Crippen LogP contribution is 2.17. The second-order valence-electron chi connectivity index (χ2n) is 3.47. The van der Waals surface area contributed by atoms with Crippen molar-refractivity contribution in [1.82, 2.24) is 0 Å². The largest absolute Gasteiger partial charge is 0.497 e.